The van der Waals surface area contributed by atoms with Gasteiger partial charge in [-0.15, -0.1) is 0 Å². The number of nitrogens with two attached hydrogens (primary N) is 1. The van der Waals surface area contributed by atoms with Gasteiger partial charge < -0.3 is 10.7 Å². The highest BCUT2D eigenvalue weighted by Gasteiger charge is 2.26. The minimum absolute atomic E-state index is 0.0499. The maximum atomic E-state index is 13.6. The number of carbonyl (C=O) groups excluding carboxylic acids is 1. The molecule has 1 fully saturated rings. The summed E-state index contributed by atoms with van der Waals surface area (Å²) in [4.78, 5) is 12.3. The molecule has 0 aromatic heterocycles. The molecule has 4 nitrogen and oxygen atoms in total. The van der Waals surface area contributed by atoms with E-state index in [0.717, 1.165) is 25.7 Å². The third-order valence-corrected chi connectivity index (χ3v) is 4.15. The maximum absolute atomic E-state index is 13.6. The Morgan fingerprint density at radius 3 is 2.85 bits per heavy atom. The topological polar surface area (TPSA) is 67.2 Å². The molecule has 20 heavy (non-hydrogen) atoms. The Hall–Kier alpha value is -1.62. The van der Waals surface area contributed by atoms with Crippen molar-refractivity contribution >= 4 is 11.6 Å². The van der Waals surface area contributed by atoms with Crippen LogP contribution in [0.15, 0.2) is 18.2 Å². The molecule has 4 N–H and O–H groups in total. The molecule has 1 amide bonds. The number of nitrogen functional groups attached to an aromatic ring is 1. The number of rotatable bonds is 4. The summed E-state index contributed by atoms with van der Waals surface area (Å²) in [6.07, 6.45) is 5.54. The highest BCUT2D eigenvalue weighted by molar-refractivity contribution is 5.99. The van der Waals surface area contributed by atoms with Crippen molar-refractivity contribution in [2.24, 2.45) is 11.8 Å². The van der Waals surface area contributed by atoms with Gasteiger partial charge in [0.1, 0.15) is 5.82 Å². The number of hydrogen-bond donors (Lipinski definition) is 3. The van der Waals surface area contributed by atoms with Crippen LogP contribution in [0.1, 0.15) is 49.4 Å². The Balaban J connectivity index is 2.13. The SMILES string of the molecule is CCC1CCCCC1NC(=O)c1cccc(F)c1NN. The summed E-state index contributed by atoms with van der Waals surface area (Å²) in [7, 11) is 0. The summed E-state index contributed by atoms with van der Waals surface area (Å²) < 4.78 is 13.6. The molecule has 1 aromatic carbocycles. The van der Waals surface area contributed by atoms with Crippen LogP contribution in [0, 0.1) is 11.7 Å². The van der Waals surface area contributed by atoms with Crippen LogP contribution in [0.5, 0.6) is 0 Å². The van der Waals surface area contributed by atoms with Crippen molar-refractivity contribution in [2.75, 3.05) is 5.43 Å². The first-order valence-corrected chi connectivity index (χ1v) is 7.23. The molecule has 1 aromatic rings. The van der Waals surface area contributed by atoms with E-state index >= 15 is 0 Å². The van der Waals surface area contributed by atoms with Gasteiger partial charge in [-0.05, 0) is 30.9 Å². The lowest BCUT2D eigenvalue weighted by molar-refractivity contribution is 0.0905. The first kappa shape index (κ1) is 14.8. The van der Waals surface area contributed by atoms with E-state index < -0.39 is 5.82 Å². The van der Waals surface area contributed by atoms with Crippen LogP contribution < -0.4 is 16.6 Å². The minimum Gasteiger partial charge on any atom is -0.349 e. The summed E-state index contributed by atoms with van der Waals surface area (Å²) in [5.74, 6) is 5.04. The Bertz CT molecular complexity index is 478. The van der Waals surface area contributed by atoms with E-state index in [0.29, 0.717) is 5.92 Å². The molecule has 0 radical (unpaired) electrons. The van der Waals surface area contributed by atoms with Crippen molar-refractivity contribution < 1.29 is 9.18 Å². The van der Waals surface area contributed by atoms with Gasteiger partial charge in [0.25, 0.3) is 5.91 Å². The summed E-state index contributed by atoms with van der Waals surface area (Å²) in [5, 5.41) is 3.04. The van der Waals surface area contributed by atoms with Crippen LogP contribution in [0.2, 0.25) is 0 Å². The number of benzene rings is 1. The molecule has 1 aliphatic rings. The summed E-state index contributed by atoms with van der Waals surface area (Å²) in [6, 6.07) is 4.55. The smallest absolute Gasteiger partial charge is 0.253 e. The number of nitrogens with one attached hydrogen (secondary N) is 2. The van der Waals surface area contributed by atoms with Crippen molar-refractivity contribution in [1.29, 1.82) is 0 Å². The highest BCUT2D eigenvalue weighted by Crippen LogP contribution is 2.27. The van der Waals surface area contributed by atoms with Crippen LogP contribution in [0.4, 0.5) is 10.1 Å². The Morgan fingerprint density at radius 2 is 2.15 bits per heavy atom. The lowest BCUT2D eigenvalue weighted by atomic mass is 9.83. The van der Waals surface area contributed by atoms with Gasteiger partial charge in [0.15, 0.2) is 0 Å². The fourth-order valence-corrected chi connectivity index (χ4v) is 2.99. The zero-order valence-corrected chi connectivity index (χ0v) is 11.8. The number of amides is 1. The Morgan fingerprint density at radius 1 is 1.40 bits per heavy atom. The molecular weight excluding hydrogens is 257 g/mol. The first-order chi connectivity index (χ1) is 9.67. The van der Waals surface area contributed by atoms with Gasteiger partial charge in [-0.25, -0.2) is 4.39 Å². The molecule has 0 saturated heterocycles. The first-order valence-electron chi connectivity index (χ1n) is 7.23. The normalized spacial score (nSPS) is 22.4. The Kier molecular flexibility index (Phi) is 4.95. The number of hydrazine groups is 1. The molecule has 0 heterocycles. The van der Waals surface area contributed by atoms with Crippen LogP contribution in [0.25, 0.3) is 0 Å². The van der Waals surface area contributed by atoms with Crippen LogP contribution in [-0.4, -0.2) is 11.9 Å². The monoisotopic (exact) mass is 279 g/mol. The van der Waals surface area contributed by atoms with E-state index in [1.165, 1.54) is 18.6 Å². The average molecular weight is 279 g/mol. The van der Waals surface area contributed by atoms with E-state index in [2.05, 4.69) is 17.7 Å². The van der Waals surface area contributed by atoms with Crippen molar-refractivity contribution in [3.8, 4) is 0 Å². The molecule has 0 bridgehead atoms. The van der Waals surface area contributed by atoms with Gasteiger partial charge in [0.05, 0.1) is 11.3 Å². The molecule has 110 valence electrons. The number of hydrogen-bond acceptors (Lipinski definition) is 3. The molecule has 2 unspecified atom stereocenters. The minimum atomic E-state index is -0.518. The lowest BCUT2D eigenvalue weighted by Gasteiger charge is -2.31. The number of halogens is 1. The molecule has 2 atom stereocenters. The third-order valence-electron chi connectivity index (χ3n) is 4.15. The summed E-state index contributed by atoms with van der Waals surface area (Å²) in [5.41, 5.74) is 2.58. The average Bonchev–Trinajstić information content (AvgIpc) is 2.47. The standard InChI is InChI=1S/C15H22FN3O/c1-2-10-6-3-4-9-13(10)18-15(20)11-7-5-8-12(16)14(11)19-17/h5,7-8,10,13,19H,2-4,6,9,17H2,1H3,(H,18,20). The van der Waals surface area contributed by atoms with Crippen molar-refractivity contribution in [1.82, 2.24) is 5.32 Å². The van der Waals surface area contributed by atoms with E-state index in [4.69, 9.17) is 5.84 Å². The largest absolute Gasteiger partial charge is 0.349 e. The summed E-state index contributed by atoms with van der Waals surface area (Å²) in [6.45, 7) is 2.14. The van der Waals surface area contributed by atoms with Gasteiger partial charge in [-0.1, -0.05) is 32.3 Å². The number of anilines is 1. The van der Waals surface area contributed by atoms with Crippen molar-refractivity contribution in [3.05, 3.63) is 29.6 Å². The maximum Gasteiger partial charge on any atom is 0.253 e. The predicted molar refractivity (Wildman–Crippen MR) is 77.7 cm³/mol. The fourth-order valence-electron chi connectivity index (χ4n) is 2.99. The molecule has 5 heteroatoms. The third kappa shape index (κ3) is 3.10. The lowest BCUT2D eigenvalue weighted by Crippen LogP contribution is -2.42. The number of para-hydroxylation sites is 1. The fraction of sp³-hybridized carbons (Fsp3) is 0.533. The second-order valence-corrected chi connectivity index (χ2v) is 5.34. The van der Waals surface area contributed by atoms with Crippen molar-refractivity contribution in [2.45, 2.75) is 45.1 Å². The molecule has 1 aliphatic carbocycles. The van der Waals surface area contributed by atoms with Crippen molar-refractivity contribution in [3.63, 3.8) is 0 Å². The van der Waals surface area contributed by atoms with Gasteiger partial charge in [-0.3, -0.25) is 10.6 Å². The van der Waals surface area contributed by atoms with E-state index in [-0.39, 0.29) is 23.2 Å². The molecule has 1 saturated carbocycles. The van der Waals surface area contributed by atoms with E-state index in [1.807, 2.05) is 0 Å². The molecule has 0 spiro atoms. The Labute approximate surface area is 118 Å². The zero-order valence-electron chi connectivity index (χ0n) is 11.8. The van der Waals surface area contributed by atoms with Gasteiger partial charge in [0.2, 0.25) is 0 Å². The molecular formula is C15H22FN3O. The van der Waals surface area contributed by atoms with Crippen LogP contribution in [0.3, 0.4) is 0 Å². The molecule has 0 aliphatic heterocycles. The van der Waals surface area contributed by atoms with E-state index in [9.17, 15) is 9.18 Å². The van der Waals surface area contributed by atoms with Gasteiger partial charge in [0, 0.05) is 6.04 Å². The van der Waals surface area contributed by atoms with Gasteiger partial charge >= 0.3 is 0 Å². The second kappa shape index (κ2) is 6.70. The summed E-state index contributed by atoms with van der Waals surface area (Å²) >= 11 is 0. The van der Waals surface area contributed by atoms with Crippen LogP contribution in [-0.2, 0) is 0 Å². The van der Waals surface area contributed by atoms with Crippen LogP contribution >= 0.6 is 0 Å². The van der Waals surface area contributed by atoms with E-state index in [1.54, 1.807) is 6.07 Å². The second-order valence-electron chi connectivity index (χ2n) is 5.34. The quantitative estimate of drug-likeness (QED) is 0.586. The molecule has 2 rings (SSSR count). The van der Waals surface area contributed by atoms with Gasteiger partial charge in [-0.2, -0.15) is 0 Å². The highest BCUT2D eigenvalue weighted by atomic mass is 19.1. The predicted octanol–water partition coefficient (Wildman–Crippen LogP) is 2.81. The number of carbonyl (C=O) groups is 1. The zero-order chi connectivity index (χ0) is 14.5.